The molecule has 1 unspecified atom stereocenters. The average Bonchev–Trinajstić information content (AvgIpc) is 3.02. The molecule has 0 aliphatic rings. The number of benzene rings is 1. The van der Waals surface area contributed by atoms with Gasteiger partial charge in [0.05, 0.1) is 0 Å². The Morgan fingerprint density at radius 2 is 2.14 bits per heavy atom. The van der Waals surface area contributed by atoms with Crippen LogP contribution in [-0.2, 0) is 10.5 Å². The fourth-order valence-electron chi connectivity index (χ4n) is 1.73. The SMILES string of the molecule is CC(Oc1ccc(Cl)cc1)C(=O)NCCSCc1cccs1. The third kappa shape index (κ3) is 5.91. The number of hydrogen-bond donors (Lipinski definition) is 1. The van der Waals surface area contributed by atoms with Gasteiger partial charge in [-0.2, -0.15) is 11.8 Å². The van der Waals surface area contributed by atoms with Crippen LogP contribution in [0.25, 0.3) is 0 Å². The van der Waals surface area contributed by atoms with E-state index in [9.17, 15) is 4.79 Å². The van der Waals surface area contributed by atoms with Gasteiger partial charge in [0.1, 0.15) is 5.75 Å². The van der Waals surface area contributed by atoms with E-state index < -0.39 is 6.10 Å². The molecule has 1 atom stereocenters. The Morgan fingerprint density at radius 3 is 2.82 bits per heavy atom. The van der Waals surface area contributed by atoms with Gasteiger partial charge in [-0.05, 0) is 42.6 Å². The van der Waals surface area contributed by atoms with Crippen molar-refractivity contribution in [2.45, 2.75) is 18.8 Å². The number of ether oxygens (including phenoxy) is 1. The maximum absolute atomic E-state index is 11.9. The lowest BCUT2D eigenvalue weighted by Gasteiger charge is -2.14. The van der Waals surface area contributed by atoms with Gasteiger partial charge in [-0.3, -0.25) is 4.79 Å². The number of thioether (sulfide) groups is 1. The lowest BCUT2D eigenvalue weighted by molar-refractivity contribution is -0.127. The molecule has 0 radical (unpaired) electrons. The summed E-state index contributed by atoms with van der Waals surface area (Å²) in [6, 6.07) is 11.2. The summed E-state index contributed by atoms with van der Waals surface area (Å²) in [5.41, 5.74) is 0. The summed E-state index contributed by atoms with van der Waals surface area (Å²) in [6.45, 7) is 2.38. The maximum Gasteiger partial charge on any atom is 0.260 e. The Balaban J connectivity index is 1.62. The van der Waals surface area contributed by atoms with E-state index in [1.54, 1.807) is 42.5 Å². The Bertz CT molecular complexity index is 572. The highest BCUT2D eigenvalue weighted by Crippen LogP contribution is 2.17. The highest BCUT2D eigenvalue weighted by atomic mass is 35.5. The number of halogens is 1. The Hall–Kier alpha value is -1.17. The van der Waals surface area contributed by atoms with Gasteiger partial charge >= 0.3 is 0 Å². The molecule has 2 rings (SSSR count). The minimum atomic E-state index is -0.525. The zero-order chi connectivity index (χ0) is 15.8. The third-order valence-electron chi connectivity index (χ3n) is 2.87. The molecule has 1 N–H and O–H groups in total. The smallest absolute Gasteiger partial charge is 0.260 e. The second-order valence-electron chi connectivity index (χ2n) is 4.64. The van der Waals surface area contributed by atoms with Gasteiger partial charge < -0.3 is 10.1 Å². The molecule has 1 amide bonds. The van der Waals surface area contributed by atoms with Crippen LogP contribution in [0.4, 0.5) is 0 Å². The Labute approximate surface area is 144 Å². The van der Waals surface area contributed by atoms with Crippen molar-refractivity contribution in [1.29, 1.82) is 0 Å². The largest absolute Gasteiger partial charge is 0.481 e. The molecule has 6 heteroatoms. The standard InChI is InChI=1S/C16H18ClNO2S2/c1-12(20-14-6-4-13(17)5-7-14)16(19)18-8-10-21-11-15-3-2-9-22-15/h2-7,9,12H,8,10-11H2,1H3,(H,18,19). The summed E-state index contributed by atoms with van der Waals surface area (Å²) in [6.07, 6.45) is -0.525. The fourth-order valence-corrected chi connectivity index (χ4v) is 3.55. The van der Waals surface area contributed by atoms with Crippen molar-refractivity contribution in [1.82, 2.24) is 5.32 Å². The lowest BCUT2D eigenvalue weighted by Crippen LogP contribution is -2.37. The molecule has 1 aromatic heterocycles. The monoisotopic (exact) mass is 355 g/mol. The van der Waals surface area contributed by atoms with E-state index in [2.05, 4.69) is 22.8 Å². The van der Waals surface area contributed by atoms with Crippen molar-refractivity contribution in [2.24, 2.45) is 0 Å². The number of thiophene rings is 1. The number of hydrogen-bond acceptors (Lipinski definition) is 4. The van der Waals surface area contributed by atoms with E-state index in [1.807, 2.05) is 11.8 Å². The molecule has 118 valence electrons. The van der Waals surface area contributed by atoms with E-state index >= 15 is 0 Å². The molecule has 1 heterocycles. The van der Waals surface area contributed by atoms with Crippen LogP contribution in [0.3, 0.4) is 0 Å². The van der Waals surface area contributed by atoms with Crippen molar-refractivity contribution in [3.05, 3.63) is 51.7 Å². The summed E-state index contributed by atoms with van der Waals surface area (Å²) < 4.78 is 5.57. The first-order valence-corrected chi connectivity index (χ1v) is 9.36. The van der Waals surface area contributed by atoms with Crippen LogP contribution in [0.5, 0.6) is 5.75 Å². The number of nitrogens with one attached hydrogen (secondary N) is 1. The molecule has 0 fully saturated rings. The van der Waals surface area contributed by atoms with Crippen LogP contribution < -0.4 is 10.1 Å². The van der Waals surface area contributed by atoms with Crippen molar-refractivity contribution in [3.8, 4) is 5.75 Å². The molecule has 0 spiro atoms. The second-order valence-corrected chi connectivity index (χ2v) is 7.21. The first kappa shape index (κ1) is 17.2. The van der Waals surface area contributed by atoms with Gasteiger partial charge in [0, 0.05) is 28.0 Å². The van der Waals surface area contributed by atoms with E-state index in [-0.39, 0.29) is 5.91 Å². The van der Waals surface area contributed by atoms with Gasteiger partial charge in [0.25, 0.3) is 5.91 Å². The molecule has 22 heavy (non-hydrogen) atoms. The molecule has 3 nitrogen and oxygen atoms in total. The first-order chi connectivity index (χ1) is 10.6. The number of rotatable bonds is 8. The van der Waals surface area contributed by atoms with E-state index in [0.29, 0.717) is 17.3 Å². The van der Waals surface area contributed by atoms with Crippen LogP contribution in [0, 0.1) is 0 Å². The van der Waals surface area contributed by atoms with Crippen molar-refractivity contribution >= 4 is 40.6 Å². The highest BCUT2D eigenvalue weighted by molar-refractivity contribution is 7.98. The molecular formula is C16H18ClNO2S2. The predicted molar refractivity (Wildman–Crippen MR) is 95.0 cm³/mol. The minimum absolute atomic E-state index is 0.105. The van der Waals surface area contributed by atoms with Crippen molar-refractivity contribution in [3.63, 3.8) is 0 Å². The van der Waals surface area contributed by atoms with Crippen LogP contribution >= 0.6 is 34.7 Å². The van der Waals surface area contributed by atoms with Gasteiger partial charge in [0.15, 0.2) is 6.10 Å². The van der Waals surface area contributed by atoms with Crippen LogP contribution in [0.1, 0.15) is 11.8 Å². The average molecular weight is 356 g/mol. The highest BCUT2D eigenvalue weighted by Gasteiger charge is 2.13. The molecule has 1 aromatic carbocycles. The summed E-state index contributed by atoms with van der Waals surface area (Å²) in [7, 11) is 0. The first-order valence-electron chi connectivity index (χ1n) is 6.95. The van der Waals surface area contributed by atoms with E-state index in [0.717, 1.165) is 11.5 Å². The summed E-state index contributed by atoms with van der Waals surface area (Å²) in [5, 5.41) is 5.61. The summed E-state index contributed by atoms with van der Waals surface area (Å²) in [5.74, 6) is 2.41. The summed E-state index contributed by atoms with van der Waals surface area (Å²) >= 11 is 9.38. The number of amides is 1. The summed E-state index contributed by atoms with van der Waals surface area (Å²) in [4.78, 5) is 13.3. The molecule has 0 aliphatic heterocycles. The maximum atomic E-state index is 11.9. The topological polar surface area (TPSA) is 38.3 Å². The molecule has 0 aliphatic carbocycles. The van der Waals surface area contributed by atoms with Gasteiger partial charge in [0.2, 0.25) is 0 Å². The number of carbonyl (C=O) groups excluding carboxylic acids is 1. The zero-order valence-electron chi connectivity index (χ0n) is 12.3. The predicted octanol–water partition coefficient (Wildman–Crippen LogP) is 4.22. The quantitative estimate of drug-likeness (QED) is 0.720. The van der Waals surface area contributed by atoms with Crippen LogP contribution in [-0.4, -0.2) is 24.3 Å². The van der Waals surface area contributed by atoms with Crippen LogP contribution in [0.2, 0.25) is 5.02 Å². The van der Waals surface area contributed by atoms with Crippen LogP contribution in [0.15, 0.2) is 41.8 Å². The molecule has 0 saturated carbocycles. The fraction of sp³-hybridized carbons (Fsp3) is 0.312. The minimum Gasteiger partial charge on any atom is -0.481 e. The Kier molecular flexibility index (Phi) is 7.09. The van der Waals surface area contributed by atoms with Crippen molar-refractivity contribution < 1.29 is 9.53 Å². The zero-order valence-corrected chi connectivity index (χ0v) is 14.6. The van der Waals surface area contributed by atoms with Gasteiger partial charge in [-0.1, -0.05) is 17.7 Å². The molecule has 0 bridgehead atoms. The molecule has 0 saturated heterocycles. The Morgan fingerprint density at radius 1 is 1.36 bits per heavy atom. The normalized spacial score (nSPS) is 11.9. The molecular weight excluding hydrogens is 338 g/mol. The van der Waals surface area contributed by atoms with Gasteiger partial charge in [-0.15, -0.1) is 11.3 Å². The number of carbonyl (C=O) groups is 1. The van der Waals surface area contributed by atoms with E-state index in [4.69, 9.17) is 16.3 Å². The van der Waals surface area contributed by atoms with Gasteiger partial charge in [-0.25, -0.2) is 0 Å². The van der Waals surface area contributed by atoms with E-state index in [1.165, 1.54) is 4.88 Å². The van der Waals surface area contributed by atoms with Crippen molar-refractivity contribution in [2.75, 3.05) is 12.3 Å². The molecule has 2 aromatic rings. The second kappa shape index (κ2) is 9.08. The lowest BCUT2D eigenvalue weighted by atomic mass is 10.3. The third-order valence-corrected chi connectivity index (χ3v) is 5.18.